The summed E-state index contributed by atoms with van der Waals surface area (Å²) in [6.45, 7) is 0. The fraction of sp³-hybridized carbons (Fsp3) is 0.200. The van der Waals surface area contributed by atoms with Gasteiger partial charge in [0.05, 0.1) is 10.6 Å². The van der Waals surface area contributed by atoms with Gasteiger partial charge in [-0.05, 0) is 24.3 Å². The Morgan fingerprint density at radius 3 is 2.53 bits per heavy atom. The lowest BCUT2D eigenvalue weighted by atomic mass is 10.4. The largest absolute Gasteiger partial charge is 0.374 e. The molecule has 102 valence electrons. The Kier molecular flexibility index (Phi) is 4.67. The van der Waals surface area contributed by atoms with Crippen molar-refractivity contribution in [2.75, 3.05) is 17.2 Å². The van der Waals surface area contributed by atoms with Gasteiger partial charge in [0.1, 0.15) is 0 Å². The summed E-state index contributed by atoms with van der Waals surface area (Å²) in [5.74, 6) is 0.429. The lowest BCUT2D eigenvalue weighted by Gasteiger charge is -2.03. The number of hydrogen-bond donors (Lipinski definition) is 1. The van der Waals surface area contributed by atoms with E-state index in [-0.39, 0.29) is 10.6 Å². The molecular weight excluding hydrogens is 326 g/mol. The summed E-state index contributed by atoms with van der Waals surface area (Å²) in [6, 6.07) is 6.14. The smallest absolute Gasteiger partial charge is 0.203 e. The van der Waals surface area contributed by atoms with E-state index in [0.29, 0.717) is 20.2 Å². The van der Waals surface area contributed by atoms with Crippen LogP contribution in [0.15, 0.2) is 33.5 Å². The number of nitrogens with two attached hydrogens (primary N) is 1. The van der Waals surface area contributed by atoms with Crippen molar-refractivity contribution >= 4 is 49.7 Å². The molecular formula is C10H10ClN3O2S3. The Morgan fingerprint density at radius 2 is 1.95 bits per heavy atom. The van der Waals surface area contributed by atoms with Gasteiger partial charge in [-0.3, -0.25) is 0 Å². The molecule has 0 saturated heterocycles. The van der Waals surface area contributed by atoms with E-state index >= 15 is 0 Å². The van der Waals surface area contributed by atoms with Crippen LogP contribution in [-0.2, 0) is 9.84 Å². The minimum absolute atomic E-state index is 0.0266. The van der Waals surface area contributed by atoms with Crippen molar-refractivity contribution in [2.45, 2.75) is 9.24 Å². The van der Waals surface area contributed by atoms with E-state index in [2.05, 4.69) is 10.2 Å². The summed E-state index contributed by atoms with van der Waals surface area (Å²) >= 11 is 8.29. The number of aromatic nitrogens is 2. The molecule has 1 heterocycles. The Labute approximate surface area is 124 Å². The second-order valence-electron chi connectivity index (χ2n) is 3.53. The average molecular weight is 336 g/mol. The van der Waals surface area contributed by atoms with Crippen LogP contribution >= 0.6 is 34.7 Å². The molecule has 0 fully saturated rings. The minimum atomic E-state index is -3.29. The summed E-state index contributed by atoms with van der Waals surface area (Å²) in [5, 5.41) is 8.36. The molecule has 1 aromatic carbocycles. The molecule has 0 aliphatic heterocycles. The van der Waals surface area contributed by atoms with Crippen molar-refractivity contribution in [3.05, 3.63) is 29.3 Å². The standard InChI is InChI=1S/C10H10ClN3O2S3/c11-7-1-3-8(4-2-7)19(15,16)6-5-17-10-14-13-9(12)18-10/h1-4H,5-6H2,(H2,12,13). The third kappa shape index (κ3) is 4.07. The highest BCUT2D eigenvalue weighted by atomic mass is 35.5. The molecule has 0 aliphatic carbocycles. The van der Waals surface area contributed by atoms with E-state index in [1.54, 1.807) is 12.1 Å². The maximum absolute atomic E-state index is 12.0. The van der Waals surface area contributed by atoms with Gasteiger partial charge in [0.2, 0.25) is 5.13 Å². The summed E-state index contributed by atoms with van der Waals surface area (Å²) in [6.07, 6.45) is 0. The first-order chi connectivity index (χ1) is 8.97. The Hall–Kier alpha value is -0.830. The highest BCUT2D eigenvalue weighted by molar-refractivity contribution is 8.02. The zero-order valence-electron chi connectivity index (χ0n) is 9.61. The molecule has 0 unspecified atom stereocenters. The fourth-order valence-corrected chi connectivity index (χ4v) is 4.76. The van der Waals surface area contributed by atoms with Crippen molar-refractivity contribution in [2.24, 2.45) is 0 Å². The monoisotopic (exact) mass is 335 g/mol. The zero-order chi connectivity index (χ0) is 13.9. The number of halogens is 1. The molecule has 2 N–H and O–H groups in total. The first-order valence-corrected chi connectivity index (χ1v) is 9.01. The molecule has 1 aromatic heterocycles. The third-order valence-corrected chi connectivity index (χ3v) is 6.30. The van der Waals surface area contributed by atoms with Gasteiger partial charge in [-0.2, -0.15) is 0 Å². The summed E-state index contributed by atoms with van der Waals surface area (Å²) < 4.78 is 24.7. The number of thioether (sulfide) groups is 1. The molecule has 0 saturated carbocycles. The maximum Gasteiger partial charge on any atom is 0.203 e. The van der Waals surface area contributed by atoms with Gasteiger partial charge in [0.25, 0.3) is 0 Å². The first kappa shape index (κ1) is 14.6. The summed E-state index contributed by atoms with van der Waals surface area (Å²) in [5.41, 5.74) is 5.44. The quantitative estimate of drug-likeness (QED) is 0.844. The van der Waals surface area contributed by atoms with Crippen LogP contribution in [0, 0.1) is 0 Å². The highest BCUT2D eigenvalue weighted by Gasteiger charge is 2.14. The minimum Gasteiger partial charge on any atom is -0.374 e. The van der Waals surface area contributed by atoms with Gasteiger partial charge in [0.15, 0.2) is 14.2 Å². The molecule has 0 bridgehead atoms. The predicted octanol–water partition coefficient (Wildman–Crippen LogP) is 2.34. The molecule has 2 aromatic rings. The van der Waals surface area contributed by atoms with Crippen LogP contribution in [0.4, 0.5) is 5.13 Å². The van der Waals surface area contributed by atoms with Crippen LogP contribution in [0.1, 0.15) is 0 Å². The van der Waals surface area contributed by atoms with Gasteiger partial charge in [-0.15, -0.1) is 10.2 Å². The Balaban J connectivity index is 1.96. The molecule has 19 heavy (non-hydrogen) atoms. The van der Waals surface area contributed by atoms with E-state index in [4.69, 9.17) is 17.3 Å². The van der Waals surface area contributed by atoms with Crippen molar-refractivity contribution in [3.63, 3.8) is 0 Å². The third-order valence-electron chi connectivity index (χ3n) is 2.17. The lowest BCUT2D eigenvalue weighted by molar-refractivity contribution is 0.597. The van der Waals surface area contributed by atoms with Crippen LogP contribution in [0.3, 0.4) is 0 Å². The number of rotatable bonds is 5. The number of benzene rings is 1. The Morgan fingerprint density at radius 1 is 1.26 bits per heavy atom. The van der Waals surface area contributed by atoms with Crippen molar-refractivity contribution in [1.29, 1.82) is 0 Å². The molecule has 0 spiro atoms. The molecule has 5 nitrogen and oxygen atoms in total. The first-order valence-electron chi connectivity index (χ1n) is 5.17. The topological polar surface area (TPSA) is 85.9 Å². The van der Waals surface area contributed by atoms with Gasteiger partial charge in [-0.1, -0.05) is 34.7 Å². The number of nitrogens with zero attached hydrogens (tertiary/aromatic N) is 2. The van der Waals surface area contributed by atoms with E-state index < -0.39 is 9.84 Å². The van der Waals surface area contributed by atoms with Crippen molar-refractivity contribution in [1.82, 2.24) is 10.2 Å². The van der Waals surface area contributed by atoms with Crippen LogP contribution in [0.25, 0.3) is 0 Å². The van der Waals surface area contributed by atoms with Gasteiger partial charge in [0, 0.05) is 10.8 Å². The highest BCUT2D eigenvalue weighted by Crippen LogP contribution is 2.24. The van der Waals surface area contributed by atoms with Crippen LogP contribution in [-0.4, -0.2) is 30.1 Å². The van der Waals surface area contributed by atoms with E-state index in [0.717, 1.165) is 0 Å². The lowest BCUT2D eigenvalue weighted by Crippen LogP contribution is -2.08. The maximum atomic E-state index is 12.0. The fourth-order valence-electron chi connectivity index (χ4n) is 1.28. The number of anilines is 1. The molecule has 2 rings (SSSR count). The summed E-state index contributed by atoms with van der Waals surface area (Å²) in [7, 11) is -3.29. The molecule has 0 amide bonds. The second-order valence-corrected chi connectivity index (χ2v) is 8.42. The number of sulfone groups is 1. The molecule has 0 aliphatic rings. The predicted molar refractivity (Wildman–Crippen MR) is 78.6 cm³/mol. The van der Waals surface area contributed by atoms with Gasteiger partial charge >= 0.3 is 0 Å². The van der Waals surface area contributed by atoms with Crippen LogP contribution in [0.2, 0.25) is 5.02 Å². The average Bonchev–Trinajstić information content (AvgIpc) is 2.75. The molecule has 0 radical (unpaired) electrons. The normalized spacial score (nSPS) is 11.6. The summed E-state index contributed by atoms with van der Waals surface area (Å²) in [4.78, 5) is 0.272. The zero-order valence-corrected chi connectivity index (χ0v) is 12.8. The van der Waals surface area contributed by atoms with E-state index in [9.17, 15) is 8.42 Å². The second kappa shape index (κ2) is 6.08. The number of nitrogen functional groups attached to an aromatic ring is 1. The Bertz CT molecular complexity index is 655. The van der Waals surface area contributed by atoms with Crippen molar-refractivity contribution in [3.8, 4) is 0 Å². The van der Waals surface area contributed by atoms with Crippen LogP contribution < -0.4 is 5.73 Å². The number of hydrogen-bond acceptors (Lipinski definition) is 7. The van der Waals surface area contributed by atoms with Crippen molar-refractivity contribution < 1.29 is 8.42 Å². The van der Waals surface area contributed by atoms with E-state index in [1.807, 2.05) is 0 Å². The molecule has 0 atom stereocenters. The van der Waals surface area contributed by atoms with Crippen LogP contribution in [0.5, 0.6) is 0 Å². The van der Waals surface area contributed by atoms with Gasteiger partial charge < -0.3 is 5.73 Å². The molecule has 9 heteroatoms. The van der Waals surface area contributed by atoms with E-state index in [1.165, 1.54) is 35.2 Å². The van der Waals surface area contributed by atoms with Gasteiger partial charge in [-0.25, -0.2) is 8.42 Å². The SMILES string of the molecule is Nc1nnc(SCCS(=O)(=O)c2ccc(Cl)cc2)s1.